The van der Waals surface area contributed by atoms with Crippen LogP contribution in [0.15, 0.2) is 58.2 Å². The summed E-state index contributed by atoms with van der Waals surface area (Å²) in [5.41, 5.74) is 0.258. The highest BCUT2D eigenvalue weighted by Crippen LogP contribution is 2.15. The number of fused-ring (bicyclic) bond motifs is 1. The number of nitrogens with two attached hydrogens (primary N) is 1. The number of ether oxygens (including phenoxy) is 1. The first-order chi connectivity index (χ1) is 14.1. The number of aromatic amines is 1. The van der Waals surface area contributed by atoms with E-state index in [1.165, 1.54) is 31.2 Å². The van der Waals surface area contributed by atoms with Gasteiger partial charge in [-0.05, 0) is 37.3 Å². The Morgan fingerprint density at radius 1 is 1.13 bits per heavy atom. The number of carbonyl (C=O) groups is 2. The maximum Gasteiger partial charge on any atom is 0.312 e. The van der Waals surface area contributed by atoms with Crippen LogP contribution in [0.25, 0.3) is 10.8 Å². The Labute approximate surface area is 171 Å². The van der Waals surface area contributed by atoms with E-state index in [9.17, 15) is 22.8 Å². The molecule has 30 heavy (non-hydrogen) atoms. The molecule has 1 unspecified atom stereocenters. The van der Waals surface area contributed by atoms with E-state index in [0.717, 1.165) is 0 Å². The van der Waals surface area contributed by atoms with Crippen molar-refractivity contribution in [1.82, 2.24) is 10.2 Å². The molecule has 0 saturated carbocycles. The summed E-state index contributed by atoms with van der Waals surface area (Å²) < 4.78 is 27.7. The SMILES string of the molecule is CC(OC(=O)Cc1n[nH]c(=O)c2ccccc12)C(=O)Nc1ccc(S(N)(=O)=O)cc1. The molecular formula is C19H18N4O6S. The lowest BCUT2D eigenvalue weighted by Crippen LogP contribution is -2.30. The van der Waals surface area contributed by atoms with Crippen molar-refractivity contribution in [3.63, 3.8) is 0 Å². The zero-order chi connectivity index (χ0) is 21.9. The monoisotopic (exact) mass is 430 g/mol. The van der Waals surface area contributed by atoms with Gasteiger partial charge in [0.25, 0.3) is 11.5 Å². The van der Waals surface area contributed by atoms with Crippen molar-refractivity contribution in [2.24, 2.45) is 5.14 Å². The van der Waals surface area contributed by atoms with Crippen molar-refractivity contribution in [3.8, 4) is 0 Å². The molecule has 0 aliphatic rings. The van der Waals surface area contributed by atoms with Gasteiger partial charge in [0.2, 0.25) is 10.0 Å². The first-order valence-corrected chi connectivity index (χ1v) is 10.3. The second-order valence-electron chi connectivity index (χ2n) is 6.41. The molecule has 0 fully saturated rings. The van der Waals surface area contributed by atoms with E-state index in [2.05, 4.69) is 15.5 Å². The average Bonchev–Trinajstić information content (AvgIpc) is 2.70. The van der Waals surface area contributed by atoms with E-state index >= 15 is 0 Å². The number of sulfonamides is 1. The van der Waals surface area contributed by atoms with Gasteiger partial charge in [0.05, 0.1) is 22.4 Å². The van der Waals surface area contributed by atoms with Crippen molar-refractivity contribution in [2.45, 2.75) is 24.3 Å². The summed E-state index contributed by atoms with van der Waals surface area (Å²) in [6, 6.07) is 11.9. The minimum Gasteiger partial charge on any atom is -0.452 e. The first-order valence-electron chi connectivity index (χ1n) is 8.74. The number of benzene rings is 2. The zero-order valence-corrected chi connectivity index (χ0v) is 16.6. The molecule has 1 aromatic heterocycles. The highest BCUT2D eigenvalue weighted by Gasteiger charge is 2.20. The largest absolute Gasteiger partial charge is 0.452 e. The molecule has 11 heteroatoms. The van der Waals surface area contributed by atoms with Gasteiger partial charge >= 0.3 is 5.97 Å². The number of rotatable bonds is 6. The van der Waals surface area contributed by atoms with Crippen LogP contribution in [0.5, 0.6) is 0 Å². The third-order valence-electron chi connectivity index (χ3n) is 4.21. The number of anilines is 1. The van der Waals surface area contributed by atoms with Crippen molar-refractivity contribution < 1.29 is 22.7 Å². The fourth-order valence-corrected chi connectivity index (χ4v) is 3.22. The number of hydrogen-bond donors (Lipinski definition) is 3. The Balaban J connectivity index is 1.64. The van der Waals surface area contributed by atoms with Crippen LogP contribution in [0.4, 0.5) is 5.69 Å². The molecular weight excluding hydrogens is 412 g/mol. The van der Waals surface area contributed by atoms with Gasteiger partial charge in [-0.3, -0.25) is 14.4 Å². The van der Waals surface area contributed by atoms with Gasteiger partial charge in [-0.25, -0.2) is 18.7 Å². The second kappa shape index (κ2) is 8.43. The molecule has 0 saturated heterocycles. The van der Waals surface area contributed by atoms with Gasteiger partial charge in [0.1, 0.15) is 0 Å². The van der Waals surface area contributed by atoms with E-state index in [1.54, 1.807) is 24.3 Å². The van der Waals surface area contributed by atoms with Gasteiger partial charge in [-0.15, -0.1) is 0 Å². The number of nitrogens with one attached hydrogen (secondary N) is 2. The normalized spacial score (nSPS) is 12.3. The highest BCUT2D eigenvalue weighted by atomic mass is 32.2. The number of hydrogen-bond acceptors (Lipinski definition) is 7. The standard InChI is InChI=1S/C19H18N4O6S/c1-11(18(25)21-12-6-8-13(9-7-12)30(20,27)28)29-17(24)10-16-14-4-2-3-5-15(14)19(26)23-22-16/h2-9,11H,10H2,1H3,(H,21,25)(H,23,26)(H2,20,27,28). The maximum absolute atomic E-state index is 12.2. The van der Waals surface area contributed by atoms with Crippen LogP contribution in [0, 0.1) is 0 Å². The van der Waals surface area contributed by atoms with Crippen LogP contribution in [-0.2, 0) is 30.8 Å². The molecule has 1 heterocycles. The van der Waals surface area contributed by atoms with Crippen molar-refractivity contribution in [2.75, 3.05) is 5.32 Å². The highest BCUT2D eigenvalue weighted by molar-refractivity contribution is 7.89. The number of primary sulfonamides is 1. The molecule has 1 amide bonds. The van der Waals surface area contributed by atoms with Gasteiger partial charge in [0.15, 0.2) is 6.10 Å². The van der Waals surface area contributed by atoms with Crippen LogP contribution < -0.4 is 16.0 Å². The van der Waals surface area contributed by atoms with Crippen LogP contribution in [-0.4, -0.2) is 36.6 Å². The number of nitrogens with zero attached hydrogens (tertiary/aromatic N) is 1. The van der Waals surface area contributed by atoms with E-state index in [1.807, 2.05) is 0 Å². The molecule has 0 radical (unpaired) electrons. The number of H-pyrrole nitrogens is 1. The van der Waals surface area contributed by atoms with Crippen LogP contribution in [0.3, 0.4) is 0 Å². The Morgan fingerprint density at radius 3 is 2.40 bits per heavy atom. The van der Waals surface area contributed by atoms with E-state index in [4.69, 9.17) is 9.88 Å². The molecule has 4 N–H and O–H groups in total. The summed E-state index contributed by atoms with van der Waals surface area (Å²) in [6.45, 7) is 1.39. The van der Waals surface area contributed by atoms with E-state index in [0.29, 0.717) is 22.2 Å². The molecule has 10 nitrogen and oxygen atoms in total. The summed E-state index contributed by atoms with van der Waals surface area (Å²) in [4.78, 5) is 36.2. The van der Waals surface area contributed by atoms with Gasteiger partial charge in [0, 0.05) is 11.1 Å². The summed E-state index contributed by atoms with van der Waals surface area (Å²) in [7, 11) is -3.84. The van der Waals surface area contributed by atoms with Crippen molar-refractivity contribution in [1.29, 1.82) is 0 Å². The van der Waals surface area contributed by atoms with Crippen LogP contribution >= 0.6 is 0 Å². The molecule has 0 spiro atoms. The lowest BCUT2D eigenvalue weighted by Gasteiger charge is -2.14. The molecule has 0 aliphatic carbocycles. The van der Waals surface area contributed by atoms with Crippen LogP contribution in [0.1, 0.15) is 12.6 Å². The smallest absolute Gasteiger partial charge is 0.312 e. The van der Waals surface area contributed by atoms with Gasteiger partial charge in [-0.1, -0.05) is 18.2 Å². The number of amides is 1. The molecule has 3 aromatic rings. The lowest BCUT2D eigenvalue weighted by atomic mass is 10.1. The summed E-state index contributed by atoms with van der Waals surface area (Å²) in [5, 5.41) is 14.7. The molecule has 156 valence electrons. The van der Waals surface area contributed by atoms with Crippen molar-refractivity contribution in [3.05, 3.63) is 64.6 Å². The zero-order valence-electron chi connectivity index (χ0n) is 15.8. The fourth-order valence-electron chi connectivity index (χ4n) is 2.71. The average molecular weight is 430 g/mol. The molecule has 1 atom stereocenters. The minimum absolute atomic E-state index is 0.0967. The number of esters is 1. The topological polar surface area (TPSA) is 161 Å². The predicted molar refractivity (Wildman–Crippen MR) is 108 cm³/mol. The summed E-state index contributed by atoms with van der Waals surface area (Å²) >= 11 is 0. The Hall–Kier alpha value is -3.57. The van der Waals surface area contributed by atoms with E-state index < -0.39 is 28.0 Å². The Bertz CT molecular complexity index is 1270. The molecule has 0 aliphatic heterocycles. The quantitative estimate of drug-likeness (QED) is 0.485. The third kappa shape index (κ3) is 4.88. The lowest BCUT2D eigenvalue weighted by molar-refractivity contribution is -0.152. The molecule has 3 rings (SSSR count). The number of carbonyl (C=O) groups excluding carboxylic acids is 2. The van der Waals surface area contributed by atoms with Crippen LogP contribution in [0.2, 0.25) is 0 Å². The number of aromatic nitrogens is 2. The van der Waals surface area contributed by atoms with Crippen molar-refractivity contribution >= 4 is 38.4 Å². The maximum atomic E-state index is 12.2. The van der Waals surface area contributed by atoms with E-state index in [-0.39, 0.29) is 16.9 Å². The first kappa shape index (κ1) is 21.1. The van der Waals surface area contributed by atoms with Gasteiger partial charge < -0.3 is 10.1 Å². The third-order valence-corrected chi connectivity index (χ3v) is 5.14. The molecule has 2 aromatic carbocycles. The summed E-state index contributed by atoms with van der Waals surface area (Å²) in [5.74, 6) is -1.31. The Kier molecular flexibility index (Phi) is 5.94. The predicted octanol–water partition coefficient (Wildman–Crippen LogP) is 0.683. The minimum atomic E-state index is -3.84. The molecule has 0 bridgehead atoms. The fraction of sp³-hybridized carbons (Fsp3) is 0.158. The Morgan fingerprint density at radius 2 is 1.77 bits per heavy atom. The summed E-state index contributed by atoms with van der Waals surface area (Å²) in [6.07, 6.45) is -1.36. The second-order valence-corrected chi connectivity index (χ2v) is 7.97. The van der Waals surface area contributed by atoms with Gasteiger partial charge in [-0.2, -0.15) is 5.10 Å².